The normalized spacial score (nSPS) is 10.8. The van der Waals surface area contributed by atoms with Crippen LogP contribution in [0.3, 0.4) is 0 Å². The second-order valence-corrected chi connectivity index (χ2v) is 6.06. The molecule has 1 N–H and O–H groups in total. The number of hydrogen-bond acceptors (Lipinski definition) is 3. The van der Waals surface area contributed by atoms with Crippen molar-refractivity contribution in [1.29, 1.82) is 0 Å². The molecule has 0 bridgehead atoms. The van der Waals surface area contributed by atoms with E-state index in [-0.39, 0.29) is 24.6 Å². The number of nitrogens with zero attached hydrogens (tertiary/aromatic N) is 2. The second-order valence-electron chi connectivity index (χ2n) is 6.06. The molecular formula is C17H23ClF3N3O. The quantitative estimate of drug-likeness (QED) is 0.705. The van der Waals surface area contributed by atoms with E-state index in [1.807, 2.05) is 7.05 Å². The standard InChI is InChI=1S/C17H22F3N3O.ClH/c1-11(2)4-5-23-17(7-13(22-23)9-21-3)24-10-12-6-15(19)16(20)8-14(12)18;/h6-8,11,21H,4-5,9-10H2,1-3H3;1H. The molecule has 140 valence electrons. The van der Waals surface area contributed by atoms with E-state index in [1.165, 1.54) is 0 Å². The van der Waals surface area contributed by atoms with Crippen LogP contribution in [0.15, 0.2) is 18.2 Å². The number of aryl methyl sites for hydroxylation is 1. The maximum Gasteiger partial charge on any atom is 0.212 e. The van der Waals surface area contributed by atoms with Crippen LogP contribution >= 0.6 is 12.4 Å². The van der Waals surface area contributed by atoms with Gasteiger partial charge in [0.2, 0.25) is 5.88 Å². The smallest absolute Gasteiger partial charge is 0.212 e. The molecule has 0 atom stereocenters. The highest BCUT2D eigenvalue weighted by Crippen LogP contribution is 2.20. The van der Waals surface area contributed by atoms with Gasteiger partial charge >= 0.3 is 0 Å². The molecule has 0 unspecified atom stereocenters. The summed E-state index contributed by atoms with van der Waals surface area (Å²) in [7, 11) is 1.81. The molecule has 0 amide bonds. The van der Waals surface area contributed by atoms with E-state index < -0.39 is 17.5 Å². The van der Waals surface area contributed by atoms with Gasteiger partial charge in [-0.05, 0) is 25.5 Å². The lowest BCUT2D eigenvalue weighted by Crippen LogP contribution is -2.09. The van der Waals surface area contributed by atoms with Crippen molar-refractivity contribution in [3.05, 3.63) is 46.9 Å². The lowest BCUT2D eigenvalue weighted by molar-refractivity contribution is 0.263. The molecule has 0 radical (unpaired) electrons. The van der Waals surface area contributed by atoms with Crippen molar-refractivity contribution in [2.75, 3.05) is 7.05 Å². The maximum absolute atomic E-state index is 13.7. The number of halogens is 4. The fraction of sp³-hybridized carbons (Fsp3) is 0.471. The Kier molecular flexibility index (Phi) is 8.25. The van der Waals surface area contributed by atoms with E-state index in [2.05, 4.69) is 24.3 Å². The molecule has 0 fully saturated rings. The van der Waals surface area contributed by atoms with Crippen molar-refractivity contribution in [3.8, 4) is 5.88 Å². The van der Waals surface area contributed by atoms with Crippen molar-refractivity contribution in [1.82, 2.24) is 15.1 Å². The Morgan fingerprint density at radius 2 is 1.80 bits per heavy atom. The average molecular weight is 378 g/mol. The Bertz CT molecular complexity index is 692. The molecule has 1 heterocycles. The van der Waals surface area contributed by atoms with Crippen LogP contribution in [0.1, 0.15) is 31.5 Å². The van der Waals surface area contributed by atoms with Crippen LogP contribution in [-0.2, 0) is 19.7 Å². The molecule has 8 heteroatoms. The predicted octanol–water partition coefficient (Wildman–Crippen LogP) is 4.07. The van der Waals surface area contributed by atoms with Crippen LogP contribution in [0.4, 0.5) is 13.2 Å². The summed E-state index contributed by atoms with van der Waals surface area (Å²) in [5, 5.41) is 7.44. The van der Waals surface area contributed by atoms with Crippen molar-refractivity contribution < 1.29 is 17.9 Å². The molecule has 2 rings (SSSR count). The highest BCUT2D eigenvalue weighted by Gasteiger charge is 2.13. The molecule has 0 spiro atoms. The summed E-state index contributed by atoms with van der Waals surface area (Å²) in [6.07, 6.45) is 0.913. The molecular weight excluding hydrogens is 355 g/mol. The molecule has 0 aliphatic rings. The van der Waals surface area contributed by atoms with Gasteiger partial charge in [0, 0.05) is 30.8 Å². The van der Waals surface area contributed by atoms with Crippen molar-refractivity contribution in [2.24, 2.45) is 5.92 Å². The third-order valence-corrected chi connectivity index (χ3v) is 3.53. The maximum atomic E-state index is 13.7. The van der Waals surface area contributed by atoms with E-state index in [0.29, 0.717) is 31.0 Å². The van der Waals surface area contributed by atoms with Gasteiger partial charge in [0.25, 0.3) is 0 Å². The van der Waals surface area contributed by atoms with E-state index in [1.54, 1.807) is 10.7 Å². The number of rotatable bonds is 8. The lowest BCUT2D eigenvalue weighted by Gasteiger charge is -2.11. The first-order valence-corrected chi connectivity index (χ1v) is 7.88. The zero-order valence-corrected chi connectivity index (χ0v) is 15.3. The molecule has 0 saturated heterocycles. The van der Waals surface area contributed by atoms with Crippen LogP contribution in [0.5, 0.6) is 5.88 Å². The molecule has 1 aromatic heterocycles. The monoisotopic (exact) mass is 377 g/mol. The van der Waals surface area contributed by atoms with Gasteiger partial charge in [0.15, 0.2) is 11.6 Å². The van der Waals surface area contributed by atoms with Crippen LogP contribution in [0.2, 0.25) is 0 Å². The molecule has 4 nitrogen and oxygen atoms in total. The minimum atomic E-state index is -1.21. The van der Waals surface area contributed by atoms with Crippen LogP contribution in [-0.4, -0.2) is 16.8 Å². The van der Waals surface area contributed by atoms with E-state index in [4.69, 9.17) is 4.74 Å². The summed E-state index contributed by atoms with van der Waals surface area (Å²) in [6.45, 7) is 5.25. The fourth-order valence-electron chi connectivity index (χ4n) is 2.20. The van der Waals surface area contributed by atoms with Crippen LogP contribution in [0.25, 0.3) is 0 Å². The van der Waals surface area contributed by atoms with Gasteiger partial charge in [-0.2, -0.15) is 5.10 Å². The van der Waals surface area contributed by atoms with E-state index in [0.717, 1.165) is 18.2 Å². The molecule has 25 heavy (non-hydrogen) atoms. The van der Waals surface area contributed by atoms with Crippen LogP contribution in [0, 0.1) is 23.4 Å². The molecule has 0 aliphatic heterocycles. The van der Waals surface area contributed by atoms with Gasteiger partial charge in [-0.15, -0.1) is 12.4 Å². The van der Waals surface area contributed by atoms with E-state index in [9.17, 15) is 13.2 Å². The van der Waals surface area contributed by atoms with Crippen molar-refractivity contribution in [3.63, 3.8) is 0 Å². The highest BCUT2D eigenvalue weighted by molar-refractivity contribution is 5.85. The van der Waals surface area contributed by atoms with Crippen molar-refractivity contribution in [2.45, 2.75) is 40.0 Å². The first kappa shape index (κ1) is 21.3. The number of hydrogen-bond donors (Lipinski definition) is 1. The van der Waals surface area contributed by atoms with Gasteiger partial charge in [-0.1, -0.05) is 13.8 Å². The minimum Gasteiger partial charge on any atom is -0.473 e. The third-order valence-electron chi connectivity index (χ3n) is 3.53. The Balaban J connectivity index is 0.00000312. The topological polar surface area (TPSA) is 39.1 Å². The summed E-state index contributed by atoms with van der Waals surface area (Å²) in [5.74, 6) is -2.17. The number of nitrogens with one attached hydrogen (secondary N) is 1. The SMILES string of the molecule is CNCc1cc(OCc2cc(F)c(F)cc2F)n(CCC(C)C)n1.Cl. The van der Waals surface area contributed by atoms with Gasteiger partial charge in [-0.25, -0.2) is 17.9 Å². The van der Waals surface area contributed by atoms with Gasteiger partial charge in [-0.3, -0.25) is 0 Å². The largest absolute Gasteiger partial charge is 0.473 e. The number of aromatic nitrogens is 2. The summed E-state index contributed by atoms with van der Waals surface area (Å²) < 4.78 is 47.2. The lowest BCUT2D eigenvalue weighted by atomic mass is 10.1. The summed E-state index contributed by atoms with van der Waals surface area (Å²) >= 11 is 0. The van der Waals surface area contributed by atoms with Gasteiger partial charge in [0.05, 0.1) is 5.69 Å². The Labute approximate surface area is 151 Å². The Morgan fingerprint density at radius 1 is 1.12 bits per heavy atom. The first-order chi connectivity index (χ1) is 11.4. The number of benzene rings is 1. The Hall–Kier alpha value is -1.73. The summed E-state index contributed by atoms with van der Waals surface area (Å²) in [4.78, 5) is 0. The minimum absolute atomic E-state index is 0. The number of ether oxygens (including phenoxy) is 1. The fourth-order valence-corrected chi connectivity index (χ4v) is 2.20. The Morgan fingerprint density at radius 3 is 2.44 bits per heavy atom. The zero-order chi connectivity index (χ0) is 17.7. The highest BCUT2D eigenvalue weighted by atomic mass is 35.5. The summed E-state index contributed by atoms with van der Waals surface area (Å²) in [6, 6.07) is 3.10. The second kappa shape index (κ2) is 9.68. The first-order valence-electron chi connectivity index (χ1n) is 7.88. The third kappa shape index (κ3) is 5.93. The van der Waals surface area contributed by atoms with Crippen molar-refractivity contribution >= 4 is 12.4 Å². The molecule has 0 aliphatic carbocycles. The van der Waals surface area contributed by atoms with Crippen LogP contribution < -0.4 is 10.1 Å². The van der Waals surface area contributed by atoms with Gasteiger partial charge in [0.1, 0.15) is 12.4 Å². The average Bonchev–Trinajstić information content (AvgIpc) is 2.90. The van der Waals surface area contributed by atoms with E-state index >= 15 is 0 Å². The van der Waals surface area contributed by atoms with Gasteiger partial charge < -0.3 is 10.1 Å². The molecule has 0 saturated carbocycles. The predicted molar refractivity (Wildman–Crippen MR) is 92.3 cm³/mol. The molecule has 1 aromatic carbocycles. The molecule has 2 aromatic rings. The zero-order valence-electron chi connectivity index (χ0n) is 14.5. The summed E-state index contributed by atoms with van der Waals surface area (Å²) in [5.41, 5.74) is 0.752.